The Balaban J connectivity index is 0.0000116. The number of aliphatic carboxylic acids is 1. The van der Waals surface area contributed by atoms with E-state index >= 15 is 0 Å². The zero-order chi connectivity index (χ0) is 25.3. The first-order valence-electron chi connectivity index (χ1n) is 12.8. The smallest absolute Gasteiger partial charge is 0.861 e. The van der Waals surface area contributed by atoms with E-state index in [0.717, 1.165) is 12.8 Å². The minimum atomic E-state index is -1.18. The van der Waals surface area contributed by atoms with Crippen molar-refractivity contribution in [3.05, 3.63) is 29.8 Å². The van der Waals surface area contributed by atoms with Crippen molar-refractivity contribution in [3.8, 4) is 5.75 Å². The van der Waals surface area contributed by atoms with Crippen LogP contribution in [0.3, 0.4) is 0 Å². The minimum Gasteiger partial charge on any atom is -0.861 e. The molecule has 0 aliphatic rings. The second kappa shape index (κ2) is 19.6. The van der Waals surface area contributed by atoms with E-state index in [0.29, 0.717) is 17.9 Å². The number of hydrogen-bond acceptors (Lipinski definition) is 5. The molecule has 35 heavy (non-hydrogen) atoms. The van der Waals surface area contributed by atoms with Gasteiger partial charge in [0.1, 0.15) is 11.8 Å². The van der Waals surface area contributed by atoms with E-state index in [2.05, 4.69) is 17.2 Å². The van der Waals surface area contributed by atoms with Gasteiger partial charge in [-0.1, -0.05) is 78.6 Å². The number of aliphatic imine (C=N–C) groups is 1. The molecular formula is C27H43N2NaO5. The maximum atomic E-state index is 12.6. The zero-order valence-corrected chi connectivity index (χ0v) is 24.3. The number of carbonyl (C=O) groups is 2. The van der Waals surface area contributed by atoms with Crippen LogP contribution >= 0.6 is 0 Å². The number of nitrogens with zero attached hydrogens (tertiary/aromatic N) is 1. The van der Waals surface area contributed by atoms with Crippen LogP contribution < -0.4 is 44.7 Å². The first kappa shape index (κ1) is 33.4. The van der Waals surface area contributed by atoms with Crippen molar-refractivity contribution in [2.45, 2.75) is 104 Å². The van der Waals surface area contributed by atoms with Crippen LogP contribution in [0.25, 0.3) is 0 Å². The van der Waals surface area contributed by atoms with Crippen LogP contribution in [0.1, 0.15) is 102 Å². The molecule has 1 rings (SSSR count). The standard InChI is InChI=1S/C27H44N2O5.Na/c1-5-6-7-8-9-10-11-12-13-14-19-34-23-17-15-22(16-18-23)25(30)29-24(20(2)3)26(31)28-21(4)27(32)33;/h15-18,20-21,24H,5-14,19H2,1-4H3,(H,28,31)(H,29,30)(H,32,33);/q;+1/p-1/t21-,24-;/m0./s1. The number of amides is 1. The van der Waals surface area contributed by atoms with Gasteiger partial charge in [-0.2, -0.15) is 0 Å². The molecule has 0 bridgehead atoms. The number of carbonyl (C=O) groups excluding carboxylic acids is 1. The fourth-order valence-corrected chi connectivity index (χ4v) is 3.55. The van der Waals surface area contributed by atoms with E-state index in [4.69, 9.17) is 9.84 Å². The van der Waals surface area contributed by atoms with Crippen molar-refractivity contribution >= 4 is 17.8 Å². The fraction of sp³-hybridized carbons (Fsp3) is 0.667. The molecule has 0 fully saturated rings. The number of nitrogens with one attached hydrogen (secondary N) is 1. The van der Waals surface area contributed by atoms with Crippen molar-refractivity contribution in [2.24, 2.45) is 10.9 Å². The number of ether oxygens (including phenoxy) is 1. The normalized spacial score (nSPS) is 13.1. The van der Waals surface area contributed by atoms with Crippen molar-refractivity contribution in [3.63, 3.8) is 0 Å². The van der Waals surface area contributed by atoms with Crippen LogP contribution in [0.2, 0.25) is 0 Å². The summed E-state index contributed by atoms with van der Waals surface area (Å²) in [5.41, 5.74) is 0.399. The average Bonchev–Trinajstić information content (AvgIpc) is 2.80. The molecule has 0 aromatic heterocycles. The molecule has 2 atom stereocenters. The van der Waals surface area contributed by atoms with Gasteiger partial charge >= 0.3 is 35.5 Å². The van der Waals surface area contributed by atoms with Gasteiger partial charge in [0, 0.05) is 5.56 Å². The van der Waals surface area contributed by atoms with Crippen LogP contribution in [-0.2, 0) is 4.79 Å². The number of carboxylic acids is 1. The number of hydrogen-bond donors (Lipinski definition) is 2. The van der Waals surface area contributed by atoms with Gasteiger partial charge in [0.2, 0.25) is 0 Å². The van der Waals surface area contributed by atoms with Gasteiger partial charge < -0.3 is 20.3 Å². The van der Waals surface area contributed by atoms with Crippen molar-refractivity contribution in [1.82, 2.24) is 5.32 Å². The summed E-state index contributed by atoms with van der Waals surface area (Å²) in [6.45, 7) is 7.76. The summed E-state index contributed by atoms with van der Waals surface area (Å²) in [7, 11) is 0. The molecule has 8 heteroatoms. The Labute approximate surface area is 233 Å². The van der Waals surface area contributed by atoms with E-state index in [9.17, 15) is 14.7 Å². The van der Waals surface area contributed by atoms with E-state index < -0.39 is 29.9 Å². The summed E-state index contributed by atoms with van der Waals surface area (Å²) in [4.78, 5) is 27.2. The van der Waals surface area contributed by atoms with Gasteiger partial charge in [-0.25, -0.2) is 4.79 Å². The molecule has 2 N–H and O–H groups in total. The molecule has 192 valence electrons. The van der Waals surface area contributed by atoms with Crippen molar-refractivity contribution in [2.75, 3.05) is 6.61 Å². The van der Waals surface area contributed by atoms with Crippen LogP contribution in [0.5, 0.6) is 5.75 Å². The predicted molar refractivity (Wildman–Crippen MR) is 134 cm³/mol. The van der Waals surface area contributed by atoms with Gasteiger partial charge in [-0.05, 0) is 49.4 Å². The summed E-state index contributed by atoms with van der Waals surface area (Å²) in [5.74, 6) is -1.77. The Morgan fingerprint density at radius 3 is 1.94 bits per heavy atom. The number of carboxylic acid groups (broad SMARTS) is 1. The van der Waals surface area contributed by atoms with Gasteiger partial charge in [0.05, 0.1) is 12.6 Å². The van der Waals surface area contributed by atoms with Gasteiger partial charge in [-0.15, -0.1) is 0 Å². The monoisotopic (exact) mass is 498 g/mol. The van der Waals surface area contributed by atoms with Crippen molar-refractivity contribution in [1.29, 1.82) is 0 Å². The number of rotatable bonds is 18. The topological polar surface area (TPSA) is 111 Å². The summed E-state index contributed by atoms with van der Waals surface area (Å²) in [6, 6.07) is 4.76. The van der Waals surface area contributed by atoms with Crippen LogP contribution in [0, 0.1) is 5.92 Å². The Hall–Kier alpha value is -1.57. The first-order chi connectivity index (χ1) is 16.3. The fourth-order valence-electron chi connectivity index (χ4n) is 3.55. The maximum Gasteiger partial charge on any atom is 1.00 e. The quantitative estimate of drug-likeness (QED) is 0.139. The Morgan fingerprint density at radius 2 is 1.46 bits per heavy atom. The second-order valence-corrected chi connectivity index (χ2v) is 9.23. The zero-order valence-electron chi connectivity index (χ0n) is 22.3. The number of unbranched alkanes of at least 4 members (excludes halogenated alkanes) is 9. The maximum absolute atomic E-state index is 12.6. The molecule has 7 nitrogen and oxygen atoms in total. The molecule has 0 heterocycles. The Morgan fingerprint density at radius 1 is 0.943 bits per heavy atom. The van der Waals surface area contributed by atoms with Crippen LogP contribution in [0.4, 0.5) is 0 Å². The summed E-state index contributed by atoms with van der Waals surface area (Å²) < 4.78 is 5.78. The molecular weight excluding hydrogens is 455 g/mol. The Bertz CT molecular complexity index is 752. The molecule has 0 aliphatic heterocycles. The predicted octanol–water partition coefficient (Wildman–Crippen LogP) is 1.98. The van der Waals surface area contributed by atoms with Gasteiger partial charge in [0.25, 0.3) is 5.91 Å². The van der Waals surface area contributed by atoms with Gasteiger partial charge in [0.15, 0.2) is 0 Å². The number of benzene rings is 1. The van der Waals surface area contributed by atoms with Gasteiger partial charge in [-0.3, -0.25) is 9.79 Å². The average molecular weight is 499 g/mol. The molecule has 1 amide bonds. The molecule has 0 aliphatic carbocycles. The summed E-state index contributed by atoms with van der Waals surface area (Å²) in [6.07, 6.45) is 12.7. The SMILES string of the molecule is CCCCCCCCCCCCOc1ccc(C(=O)N[C@H](C([O-])=N[C@@H](C)C(=O)O)C(C)C)cc1.[Na+]. The largest absolute Gasteiger partial charge is 1.00 e. The first-order valence-corrected chi connectivity index (χ1v) is 12.8. The minimum absolute atomic E-state index is 0. The van der Waals surface area contributed by atoms with Crippen LogP contribution in [0.15, 0.2) is 29.3 Å². The molecule has 0 saturated heterocycles. The third-order valence-electron chi connectivity index (χ3n) is 5.78. The third kappa shape index (κ3) is 14.6. The van der Waals surface area contributed by atoms with Crippen LogP contribution in [-0.4, -0.2) is 41.6 Å². The summed E-state index contributed by atoms with van der Waals surface area (Å²) in [5, 5.41) is 24.0. The van der Waals surface area contributed by atoms with Crippen molar-refractivity contribution < 1.29 is 54.1 Å². The molecule has 1 aromatic carbocycles. The Kier molecular flexibility index (Phi) is 18.7. The molecule has 1 aromatic rings. The molecule has 0 saturated carbocycles. The summed E-state index contributed by atoms with van der Waals surface area (Å²) >= 11 is 0. The van der Waals surface area contributed by atoms with E-state index in [1.165, 1.54) is 58.3 Å². The van der Waals surface area contributed by atoms with E-state index in [1.807, 2.05) is 0 Å². The second-order valence-electron chi connectivity index (χ2n) is 9.23. The van der Waals surface area contributed by atoms with E-state index in [-0.39, 0.29) is 35.5 Å². The molecule has 0 unspecified atom stereocenters. The third-order valence-corrected chi connectivity index (χ3v) is 5.78. The molecule has 0 spiro atoms. The molecule has 0 radical (unpaired) electrons. The van der Waals surface area contributed by atoms with E-state index in [1.54, 1.807) is 38.1 Å².